The Morgan fingerprint density at radius 2 is 1.91 bits per heavy atom. The summed E-state index contributed by atoms with van der Waals surface area (Å²) in [6, 6.07) is 6.85. The molecule has 2 bridgehead atoms. The second-order valence-corrected chi connectivity index (χ2v) is 12.7. The van der Waals surface area contributed by atoms with Crippen LogP contribution in [-0.4, -0.2) is 87.6 Å². The van der Waals surface area contributed by atoms with Crippen LogP contribution in [0.1, 0.15) is 77.9 Å². The van der Waals surface area contributed by atoms with Crippen LogP contribution in [0, 0.1) is 11.8 Å². The molecule has 10 nitrogen and oxygen atoms in total. The van der Waals surface area contributed by atoms with Crippen LogP contribution in [0.15, 0.2) is 55.6 Å². The van der Waals surface area contributed by atoms with E-state index in [2.05, 4.69) is 25.4 Å². The Hall–Kier alpha value is -3.50. The van der Waals surface area contributed by atoms with Crippen molar-refractivity contribution in [2.45, 2.75) is 108 Å². The lowest BCUT2D eigenvalue weighted by atomic mass is 9.70. The first kappa shape index (κ1) is 34.4. The van der Waals surface area contributed by atoms with Crippen molar-refractivity contribution in [3.63, 3.8) is 0 Å². The van der Waals surface area contributed by atoms with Gasteiger partial charge in [-0.25, -0.2) is 0 Å². The average Bonchev–Trinajstić information content (AvgIpc) is 3.68. The first-order valence-corrected chi connectivity index (χ1v) is 16.2. The van der Waals surface area contributed by atoms with Gasteiger partial charge >= 0.3 is 5.97 Å². The standard InChI is InChI=1S/C35H49N3O7/c1-7-10-17-27(40)36-24(6)30(25-15-12-11-13-16-25)44-34(43)28-26-18-19-35(45-26)29(28)32(41)38(23(5)21-39)31(35)33(42)37(20-9-3)22(4)14-8-2/h7,9,11-13,15-16,22-24,26,28-31,39H,1,3,8,10,14,17-21H2,2,4-6H3,(H,36,40)/t22?,23-,24-,26+,28-,29-,30-,31+,35-/m1/s1. The van der Waals surface area contributed by atoms with E-state index in [1.807, 2.05) is 37.3 Å². The second-order valence-electron chi connectivity index (χ2n) is 12.7. The van der Waals surface area contributed by atoms with Gasteiger partial charge in [0.1, 0.15) is 17.7 Å². The molecule has 1 aromatic rings. The number of nitrogens with one attached hydrogen (secondary N) is 1. The predicted octanol–water partition coefficient (Wildman–Crippen LogP) is 3.70. The number of benzene rings is 1. The molecule has 3 saturated heterocycles. The third kappa shape index (κ3) is 6.58. The fourth-order valence-electron chi connectivity index (χ4n) is 7.50. The summed E-state index contributed by atoms with van der Waals surface area (Å²) in [5.41, 5.74) is -0.517. The molecule has 0 saturated carbocycles. The molecule has 0 radical (unpaired) electrons. The van der Waals surface area contributed by atoms with Crippen molar-refractivity contribution in [3.05, 3.63) is 61.2 Å². The van der Waals surface area contributed by atoms with E-state index < -0.39 is 53.7 Å². The van der Waals surface area contributed by atoms with Crippen LogP contribution < -0.4 is 5.32 Å². The number of allylic oxidation sites excluding steroid dienone is 1. The van der Waals surface area contributed by atoms with Crippen molar-refractivity contribution < 1.29 is 33.8 Å². The summed E-state index contributed by atoms with van der Waals surface area (Å²) in [4.78, 5) is 58.6. The third-order valence-corrected chi connectivity index (χ3v) is 9.62. The minimum absolute atomic E-state index is 0.105. The van der Waals surface area contributed by atoms with Crippen LogP contribution in [0.2, 0.25) is 0 Å². The maximum Gasteiger partial charge on any atom is 0.313 e. The van der Waals surface area contributed by atoms with Crippen molar-refractivity contribution in [3.8, 4) is 0 Å². The van der Waals surface area contributed by atoms with E-state index in [0.29, 0.717) is 31.4 Å². The van der Waals surface area contributed by atoms with Crippen molar-refractivity contribution in [1.29, 1.82) is 0 Å². The Bertz CT molecular complexity index is 1250. The van der Waals surface area contributed by atoms with Crippen LogP contribution in [0.4, 0.5) is 0 Å². The summed E-state index contributed by atoms with van der Waals surface area (Å²) in [6.45, 7) is 15.0. The fraction of sp³-hybridized carbons (Fsp3) is 0.600. The molecule has 9 atom stereocenters. The highest BCUT2D eigenvalue weighted by atomic mass is 16.6. The van der Waals surface area contributed by atoms with E-state index in [1.54, 1.807) is 30.9 Å². The number of aliphatic hydroxyl groups excluding tert-OH is 1. The summed E-state index contributed by atoms with van der Waals surface area (Å²) < 4.78 is 12.8. The van der Waals surface area contributed by atoms with Crippen LogP contribution in [0.3, 0.4) is 0 Å². The smallest absolute Gasteiger partial charge is 0.313 e. The zero-order valence-electron chi connectivity index (χ0n) is 27.0. The van der Waals surface area contributed by atoms with Gasteiger partial charge in [-0.1, -0.05) is 55.8 Å². The average molecular weight is 624 g/mol. The summed E-state index contributed by atoms with van der Waals surface area (Å²) >= 11 is 0. The van der Waals surface area contributed by atoms with E-state index in [4.69, 9.17) is 9.47 Å². The van der Waals surface area contributed by atoms with Gasteiger partial charge in [-0.05, 0) is 52.0 Å². The molecular weight excluding hydrogens is 574 g/mol. The zero-order chi connectivity index (χ0) is 32.9. The Labute approximate surface area is 266 Å². The summed E-state index contributed by atoms with van der Waals surface area (Å²) in [7, 11) is 0. The maximum atomic E-state index is 14.4. The molecule has 3 heterocycles. The molecule has 3 amide bonds. The van der Waals surface area contributed by atoms with Gasteiger partial charge in [0.15, 0.2) is 0 Å². The molecule has 3 aliphatic heterocycles. The molecule has 0 aliphatic carbocycles. The minimum atomic E-state index is -1.22. The predicted molar refractivity (Wildman–Crippen MR) is 170 cm³/mol. The van der Waals surface area contributed by atoms with E-state index in [1.165, 1.54) is 4.90 Å². The molecule has 1 aromatic carbocycles. The summed E-state index contributed by atoms with van der Waals surface area (Å²) in [5.74, 6) is -3.32. The SMILES string of the molecule is C=CCCC(=O)N[C@H](C)[C@@H](OC(=O)[C@@H]1[C@@H]2CC[C@]3(O2)[C@H](C(=O)N(CC=C)C(C)CCC)N([C@H](C)CO)C(=O)[C@@H]13)c1ccccc1. The van der Waals surface area contributed by atoms with Crippen LogP contribution in [0.25, 0.3) is 0 Å². The first-order chi connectivity index (χ1) is 21.6. The number of likely N-dealkylation sites (tertiary alicyclic amines) is 1. The largest absolute Gasteiger partial charge is 0.455 e. The Morgan fingerprint density at radius 3 is 2.53 bits per heavy atom. The minimum Gasteiger partial charge on any atom is -0.455 e. The normalized spacial score (nSPS) is 27.7. The van der Waals surface area contributed by atoms with Gasteiger partial charge in [0.2, 0.25) is 17.7 Å². The van der Waals surface area contributed by atoms with Crippen molar-refractivity contribution in [2.24, 2.45) is 11.8 Å². The number of carbonyl (C=O) groups excluding carboxylic acids is 4. The van der Waals surface area contributed by atoms with Gasteiger partial charge in [-0.3, -0.25) is 19.2 Å². The zero-order valence-corrected chi connectivity index (χ0v) is 27.0. The Balaban J connectivity index is 1.67. The summed E-state index contributed by atoms with van der Waals surface area (Å²) in [6.07, 6.45) is 5.28. The van der Waals surface area contributed by atoms with E-state index in [9.17, 15) is 24.3 Å². The van der Waals surface area contributed by atoms with E-state index >= 15 is 0 Å². The molecule has 2 N–H and O–H groups in total. The number of hydrogen-bond acceptors (Lipinski definition) is 7. The van der Waals surface area contributed by atoms with Crippen LogP contribution in [-0.2, 0) is 28.7 Å². The topological polar surface area (TPSA) is 125 Å². The molecule has 3 aliphatic rings. The van der Waals surface area contributed by atoms with E-state index in [-0.39, 0.29) is 36.8 Å². The Kier molecular flexibility index (Phi) is 11.3. The number of carbonyl (C=O) groups is 4. The number of nitrogens with zero attached hydrogens (tertiary/aromatic N) is 2. The number of ether oxygens (including phenoxy) is 2. The number of aliphatic hydroxyl groups is 1. The molecule has 1 spiro atoms. The molecule has 10 heteroatoms. The number of esters is 1. The van der Waals surface area contributed by atoms with Crippen LogP contribution in [0.5, 0.6) is 0 Å². The van der Waals surface area contributed by atoms with Gasteiger partial charge in [-0.2, -0.15) is 0 Å². The molecule has 45 heavy (non-hydrogen) atoms. The first-order valence-electron chi connectivity index (χ1n) is 16.2. The number of amides is 3. The highest BCUT2D eigenvalue weighted by Gasteiger charge is 2.75. The second kappa shape index (κ2) is 14.7. The molecule has 0 aromatic heterocycles. The lowest BCUT2D eigenvalue weighted by Gasteiger charge is -2.40. The molecular formula is C35H49N3O7. The molecule has 246 valence electrons. The lowest BCUT2D eigenvalue weighted by molar-refractivity contribution is -0.162. The van der Waals surface area contributed by atoms with Gasteiger partial charge in [0, 0.05) is 19.0 Å². The lowest BCUT2D eigenvalue weighted by Crippen LogP contribution is -2.59. The van der Waals surface area contributed by atoms with Gasteiger partial charge in [-0.15, -0.1) is 13.2 Å². The van der Waals surface area contributed by atoms with Gasteiger partial charge in [0.25, 0.3) is 0 Å². The summed E-state index contributed by atoms with van der Waals surface area (Å²) in [5, 5.41) is 13.1. The monoisotopic (exact) mass is 623 g/mol. The third-order valence-electron chi connectivity index (χ3n) is 9.62. The molecule has 4 rings (SSSR count). The van der Waals surface area contributed by atoms with Crippen LogP contribution >= 0.6 is 0 Å². The van der Waals surface area contributed by atoms with Crippen molar-refractivity contribution in [1.82, 2.24) is 15.1 Å². The Morgan fingerprint density at radius 1 is 1.20 bits per heavy atom. The quantitative estimate of drug-likeness (QED) is 0.213. The maximum absolute atomic E-state index is 14.4. The van der Waals surface area contributed by atoms with E-state index in [0.717, 1.165) is 12.8 Å². The molecule has 3 fully saturated rings. The van der Waals surface area contributed by atoms with Crippen molar-refractivity contribution in [2.75, 3.05) is 13.2 Å². The number of rotatable bonds is 16. The fourth-order valence-corrected chi connectivity index (χ4v) is 7.50. The van der Waals surface area contributed by atoms with Gasteiger partial charge in [0.05, 0.1) is 36.6 Å². The van der Waals surface area contributed by atoms with Gasteiger partial charge < -0.3 is 29.7 Å². The molecule has 1 unspecified atom stereocenters. The number of fused-ring (bicyclic) bond motifs is 1. The highest BCUT2D eigenvalue weighted by Crippen LogP contribution is 2.59. The highest BCUT2D eigenvalue weighted by molar-refractivity contribution is 5.98. The van der Waals surface area contributed by atoms with Crippen molar-refractivity contribution >= 4 is 23.7 Å². The number of hydrogen-bond donors (Lipinski definition) is 2.